The summed E-state index contributed by atoms with van der Waals surface area (Å²) in [7, 11) is 0. The van der Waals surface area contributed by atoms with Gasteiger partial charge in [-0.2, -0.15) is 0 Å². The molecule has 0 radical (unpaired) electrons. The van der Waals surface area contributed by atoms with Crippen LogP contribution in [0.15, 0.2) is 29.2 Å². The normalized spacial score (nSPS) is 18.7. The van der Waals surface area contributed by atoms with Crippen LogP contribution in [0.1, 0.15) is 12.5 Å². The number of aliphatic carboxylic acids is 1. The quantitative estimate of drug-likeness (QED) is 0.686. The molecule has 0 saturated carbocycles. The first-order chi connectivity index (χ1) is 9.41. The molecule has 20 heavy (non-hydrogen) atoms. The molecule has 1 saturated heterocycles. The molecule has 0 aliphatic carbocycles. The molecule has 1 N–H and O–H groups in total. The molecule has 4 nitrogen and oxygen atoms in total. The number of carboxylic acids is 1. The molecule has 1 aromatic carbocycles. The van der Waals surface area contributed by atoms with Crippen LogP contribution in [0.25, 0.3) is 6.08 Å². The van der Waals surface area contributed by atoms with E-state index in [0.29, 0.717) is 0 Å². The lowest BCUT2D eigenvalue weighted by molar-refractivity contribution is -0.144. The summed E-state index contributed by atoms with van der Waals surface area (Å²) >= 11 is 5.98. The van der Waals surface area contributed by atoms with E-state index in [-0.39, 0.29) is 14.8 Å². The highest BCUT2D eigenvalue weighted by molar-refractivity contribution is 8.26. The molecular formula is C13H10FNO3S2. The Kier molecular flexibility index (Phi) is 4.20. The fraction of sp³-hybridized carbons (Fsp3) is 0.154. The Bertz CT molecular complexity index is 630. The van der Waals surface area contributed by atoms with Crippen molar-refractivity contribution in [3.05, 3.63) is 40.6 Å². The molecule has 1 atom stereocenters. The minimum atomic E-state index is -1.14. The first-order valence-electron chi connectivity index (χ1n) is 5.66. The van der Waals surface area contributed by atoms with Gasteiger partial charge in [0, 0.05) is 5.56 Å². The van der Waals surface area contributed by atoms with Gasteiger partial charge in [0.15, 0.2) is 0 Å². The van der Waals surface area contributed by atoms with Crippen LogP contribution in [0.2, 0.25) is 0 Å². The first kappa shape index (κ1) is 14.7. The number of rotatable bonds is 3. The third kappa shape index (κ3) is 2.73. The van der Waals surface area contributed by atoms with Crippen LogP contribution in [-0.2, 0) is 9.59 Å². The molecule has 1 amide bonds. The highest BCUT2D eigenvalue weighted by Gasteiger charge is 2.38. The van der Waals surface area contributed by atoms with Crippen molar-refractivity contribution in [1.82, 2.24) is 4.90 Å². The van der Waals surface area contributed by atoms with E-state index in [0.717, 1.165) is 16.7 Å². The Labute approximate surface area is 124 Å². The van der Waals surface area contributed by atoms with Crippen molar-refractivity contribution in [2.45, 2.75) is 13.0 Å². The molecule has 1 aromatic rings. The minimum Gasteiger partial charge on any atom is -0.480 e. The zero-order valence-electron chi connectivity index (χ0n) is 10.4. The maximum absolute atomic E-state index is 13.5. The number of thiocarbonyl (C=S) groups is 1. The van der Waals surface area contributed by atoms with Gasteiger partial charge >= 0.3 is 5.97 Å². The molecule has 0 unspecified atom stereocenters. The molecule has 0 bridgehead atoms. The summed E-state index contributed by atoms with van der Waals surface area (Å²) < 4.78 is 13.7. The predicted octanol–water partition coefficient (Wildman–Crippen LogP) is 2.50. The van der Waals surface area contributed by atoms with Crippen LogP contribution in [0.3, 0.4) is 0 Å². The SMILES string of the molecule is C[C@H](C(=O)O)N1C(=O)/C(=C/c2ccccc2F)SC1=S. The van der Waals surface area contributed by atoms with Crippen LogP contribution >= 0.6 is 24.0 Å². The largest absolute Gasteiger partial charge is 0.480 e. The second-order valence-electron chi connectivity index (χ2n) is 4.09. The van der Waals surface area contributed by atoms with Crippen LogP contribution in [-0.4, -0.2) is 32.2 Å². The number of hydrogen-bond acceptors (Lipinski definition) is 4. The van der Waals surface area contributed by atoms with Gasteiger partial charge in [0.25, 0.3) is 5.91 Å². The van der Waals surface area contributed by atoms with Crippen LogP contribution in [0.4, 0.5) is 4.39 Å². The van der Waals surface area contributed by atoms with E-state index in [4.69, 9.17) is 17.3 Å². The van der Waals surface area contributed by atoms with Crippen molar-refractivity contribution in [3.8, 4) is 0 Å². The molecule has 2 rings (SSSR count). The Morgan fingerprint density at radius 2 is 2.15 bits per heavy atom. The number of hydrogen-bond donors (Lipinski definition) is 1. The van der Waals surface area contributed by atoms with Crippen molar-refractivity contribution in [2.24, 2.45) is 0 Å². The summed E-state index contributed by atoms with van der Waals surface area (Å²) in [6.07, 6.45) is 1.38. The van der Waals surface area contributed by atoms with Gasteiger partial charge in [-0.15, -0.1) is 0 Å². The molecule has 1 heterocycles. The summed E-state index contributed by atoms with van der Waals surface area (Å²) in [5.74, 6) is -2.12. The molecule has 1 fully saturated rings. The Morgan fingerprint density at radius 3 is 2.75 bits per heavy atom. The number of carboxylic acid groups (broad SMARTS) is 1. The summed E-state index contributed by atoms with van der Waals surface area (Å²) in [6.45, 7) is 1.37. The lowest BCUT2D eigenvalue weighted by Gasteiger charge is -2.18. The van der Waals surface area contributed by atoms with E-state index < -0.39 is 23.7 Å². The van der Waals surface area contributed by atoms with Gasteiger partial charge in [-0.3, -0.25) is 9.69 Å². The van der Waals surface area contributed by atoms with Crippen molar-refractivity contribution in [1.29, 1.82) is 0 Å². The zero-order valence-corrected chi connectivity index (χ0v) is 12.0. The highest BCUT2D eigenvalue weighted by Crippen LogP contribution is 2.34. The van der Waals surface area contributed by atoms with Gasteiger partial charge < -0.3 is 5.11 Å². The molecule has 0 aromatic heterocycles. The van der Waals surface area contributed by atoms with Crippen molar-refractivity contribution in [2.75, 3.05) is 0 Å². The van der Waals surface area contributed by atoms with E-state index in [9.17, 15) is 14.0 Å². The van der Waals surface area contributed by atoms with E-state index in [1.807, 2.05) is 0 Å². The molecular weight excluding hydrogens is 301 g/mol. The van der Waals surface area contributed by atoms with E-state index >= 15 is 0 Å². The predicted molar refractivity (Wildman–Crippen MR) is 78.5 cm³/mol. The molecule has 1 aliphatic rings. The first-order valence-corrected chi connectivity index (χ1v) is 6.88. The van der Waals surface area contributed by atoms with Gasteiger partial charge in [-0.25, -0.2) is 9.18 Å². The van der Waals surface area contributed by atoms with Gasteiger partial charge in [0.05, 0.1) is 4.91 Å². The Morgan fingerprint density at radius 1 is 1.50 bits per heavy atom. The Hall–Kier alpha value is -1.73. The number of carbonyl (C=O) groups is 2. The van der Waals surface area contributed by atoms with Crippen LogP contribution < -0.4 is 0 Å². The lowest BCUT2D eigenvalue weighted by Crippen LogP contribution is -2.41. The van der Waals surface area contributed by atoms with Crippen LogP contribution in [0.5, 0.6) is 0 Å². The number of carbonyl (C=O) groups excluding carboxylic acids is 1. The summed E-state index contributed by atoms with van der Waals surface area (Å²) in [5.41, 5.74) is 0.260. The average molecular weight is 311 g/mol. The third-order valence-corrected chi connectivity index (χ3v) is 4.09. The van der Waals surface area contributed by atoms with Crippen molar-refractivity contribution < 1.29 is 19.1 Å². The smallest absolute Gasteiger partial charge is 0.326 e. The van der Waals surface area contributed by atoms with E-state index in [2.05, 4.69) is 0 Å². The molecule has 1 aliphatic heterocycles. The number of nitrogens with zero attached hydrogens (tertiary/aromatic N) is 1. The van der Waals surface area contributed by atoms with E-state index in [1.54, 1.807) is 12.1 Å². The standard InChI is InChI=1S/C13H10FNO3S2/c1-7(12(17)18)15-11(16)10(20-13(15)19)6-8-4-2-3-5-9(8)14/h2-7H,1H3,(H,17,18)/b10-6-/t7-/m1/s1. The second kappa shape index (κ2) is 5.72. The fourth-order valence-electron chi connectivity index (χ4n) is 1.66. The maximum atomic E-state index is 13.5. The van der Waals surface area contributed by atoms with Gasteiger partial charge in [0.2, 0.25) is 0 Å². The van der Waals surface area contributed by atoms with Gasteiger partial charge in [-0.05, 0) is 19.1 Å². The summed E-state index contributed by atoms with van der Waals surface area (Å²) in [5, 5.41) is 8.96. The number of thioether (sulfide) groups is 1. The van der Waals surface area contributed by atoms with Gasteiger partial charge in [0.1, 0.15) is 16.2 Å². The number of benzene rings is 1. The zero-order chi connectivity index (χ0) is 14.9. The monoisotopic (exact) mass is 311 g/mol. The molecule has 7 heteroatoms. The maximum Gasteiger partial charge on any atom is 0.326 e. The van der Waals surface area contributed by atoms with E-state index in [1.165, 1.54) is 25.1 Å². The minimum absolute atomic E-state index is 0.160. The van der Waals surface area contributed by atoms with Crippen molar-refractivity contribution in [3.63, 3.8) is 0 Å². The number of amides is 1. The number of halogens is 1. The summed E-state index contributed by atoms with van der Waals surface area (Å²) in [4.78, 5) is 24.3. The topological polar surface area (TPSA) is 57.6 Å². The van der Waals surface area contributed by atoms with Crippen molar-refractivity contribution >= 4 is 46.3 Å². The Balaban J connectivity index is 2.33. The van der Waals surface area contributed by atoms with Crippen LogP contribution in [0, 0.1) is 5.82 Å². The highest BCUT2D eigenvalue weighted by atomic mass is 32.2. The molecule has 0 spiro atoms. The lowest BCUT2D eigenvalue weighted by atomic mass is 10.2. The average Bonchev–Trinajstić information content (AvgIpc) is 2.66. The second-order valence-corrected chi connectivity index (χ2v) is 5.76. The summed E-state index contributed by atoms with van der Waals surface area (Å²) in [6, 6.07) is 4.96. The fourth-order valence-corrected chi connectivity index (χ4v) is 3.07. The molecule has 104 valence electrons. The third-order valence-electron chi connectivity index (χ3n) is 2.76. The van der Waals surface area contributed by atoms with Gasteiger partial charge in [-0.1, -0.05) is 42.2 Å².